The van der Waals surface area contributed by atoms with Gasteiger partial charge in [-0.3, -0.25) is 4.90 Å². The number of rotatable bonds is 6. The second-order valence-corrected chi connectivity index (χ2v) is 5.39. The Balaban J connectivity index is 1.89. The fraction of sp³-hybridized carbons (Fsp3) is 0.733. The maximum Gasteiger partial charge on any atom is 0.118 e. The maximum atomic E-state index is 5.81. The number of aryl methyl sites for hydroxylation is 1. The van der Waals surface area contributed by atoms with Crippen LogP contribution in [-0.2, 0) is 17.8 Å². The quantitative estimate of drug-likeness (QED) is 0.802. The Bertz CT molecular complexity index is 389. The third-order valence-corrected chi connectivity index (χ3v) is 3.52. The molecule has 1 aromatic rings. The molecular formula is C15H26N2O2. The minimum atomic E-state index is 0.339. The molecule has 1 N–H and O–H groups in total. The van der Waals surface area contributed by atoms with Gasteiger partial charge in [-0.1, -0.05) is 6.92 Å². The first-order valence-corrected chi connectivity index (χ1v) is 7.32. The van der Waals surface area contributed by atoms with Crippen molar-refractivity contribution in [2.75, 3.05) is 26.2 Å². The topological polar surface area (TPSA) is 37.6 Å². The summed E-state index contributed by atoms with van der Waals surface area (Å²) in [5.41, 5.74) is 1.31. The third-order valence-electron chi connectivity index (χ3n) is 3.52. The molecule has 0 bridgehead atoms. The lowest BCUT2D eigenvalue weighted by molar-refractivity contribution is -0.0213. The van der Waals surface area contributed by atoms with Crippen molar-refractivity contribution in [2.24, 2.45) is 0 Å². The van der Waals surface area contributed by atoms with Crippen molar-refractivity contribution in [3.8, 4) is 0 Å². The maximum absolute atomic E-state index is 5.81. The van der Waals surface area contributed by atoms with E-state index in [0.717, 1.165) is 57.3 Å². The molecule has 1 aliphatic heterocycles. The van der Waals surface area contributed by atoms with Crippen molar-refractivity contribution in [1.82, 2.24) is 10.2 Å². The molecule has 2 heterocycles. The van der Waals surface area contributed by atoms with Crippen LogP contribution in [0.25, 0.3) is 0 Å². The molecule has 108 valence electrons. The predicted molar refractivity (Wildman–Crippen MR) is 76.1 cm³/mol. The number of hydrogen-bond donors (Lipinski definition) is 1. The molecule has 0 saturated carbocycles. The highest BCUT2D eigenvalue weighted by Gasteiger charge is 2.18. The van der Waals surface area contributed by atoms with Crippen LogP contribution in [0.1, 0.15) is 37.4 Å². The Labute approximate surface area is 116 Å². The zero-order chi connectivity index (χ0) is 13.7. The van der Waals surface area contributed by atoms with Gasteiger partial charge in [0.2, 0.25) is 0 Å². The highest BCUT2D eigenvalue weighted by Crippen LogP contribution is 2.18. The van der Waals surface area contributed by atoms with Gasteiger partial charge in [-0.15, -0.1) is 0 Å². The number of ether oxygens (including phenoxy) is 1. The van der Waals surface area contributed by atoms with Crippen molar-refractivity contribution in [3.63, 3.8) is 0 Å². The summed E-state index contributed by atoms with van der Waals surface area (Å²) in [6, 6.07) is 2.19. The molecule has 19 heavy (non-hydrogen) atoms. The van der Waals surface area contributed by atoms with Crippen LogP contribution in [0.4, 0.5) is 0 Å². The lowest BCUT2D eigenvalue weighted by atomic mass is 10.2. The van der Waals surface area contributed by atoms with Crippen LogP contribution in [0.15, 0.2) is 10.5 Å². The summed E-state index contributed by atoms with van der Waals surface area (Å²) in [5, 5.41) is 3.38. The summed E-state index contributed by atoms with van der Waals surface area (Å²) < 4.78 is 11.4. The Morgan fingerprint density at radius 1 is 1.47 bits per heavy atom. The van der Waals surface area contributed by atoms with E-state index >= 15 is 0 Å². The monoisotopic (exact) mass is 266 g/mol. The second kappa shape index (κ2) is 7.08. The first-order chi connectivity index (χ1) is 9.19. The van der Waals surface area contributed by atoms with E-state index in [0.29, 0.717) is 6.10 Å². The molecule has 0 aromatic carbocycles. The number of morpholine rings is 1. The van der Waals surface area contributed by atoms with Gasteiger partial charge in [0.15, 0.2) is 0 Å². The van der Waals surface area contributed by atoms with Gasteiger partial charge < -0.3 is 14.5 Å². The molecule has 4 nitrogen and oxygen atoms in total. The molecule has 1 aromatic heterocycles. The Kier molecular flexibility index (Phi) is 5.43. The summed E-state index contributed by atoms with van der Waals surface area (Å²) in [6.45, 7) is 12.1. The number of furan rings is 1. The van der Waals surface area contributed by atoms with E-state index in [2.05, 4.69) is 37.1 Å². The van der Waals surface area contributed by atoms with Crippen LogP contribution in [-0.4, -0.2) is 37.2 Å². The van der Waals surface area contributed by atoms with Gasteiger partial charge in [-0.25, -0.2) is 0 Å². The number of nitrogens with one attached hydrogen (secondary N) is 1. The molecule has 0 aliphatic carbocycles. The third kappa shape index (κ3) is 4.34. The average molecular weight is 266 g/mol. The van der Waals surface area contributed by atoms with Crippen LogP contribution in [0.3, 0.4) is 0 Å². The van der Waals surface area contributed by atoms with E-state index in [1.807, 2.05) is 0 Å². The molecule has 1 fully saturated rings. The van der Waals surface area contributed by atoms with Crippen molar-refractivity contribution in [3.05, 3.63) is 23.2 Å². The fourth-order valence-corrected chi connectivity index (χ4v) is 2.50. The molecule has 1 aliphatic rings. The van der Waals surface area contributed by atoms with Gasteiger partial charge in [0, 0.05) is 25.2 Å². The smallest absolute Gasteiger partial charge is 0.118 e. The highest BCUT2D eigenvalue weighted by molar-refractivity contribution is 5.20. The van der Waals surface area contributed by atoms with Crippen LogP contribution >= 0.6 is 0 Å². The predicted octanol–water partition coefficient (Wildman–Crippen LogP) is 2.31. The second-order valence-electron chi connectivity index (χ2n) is 5.39. The average Bonchev–Trinajstić information content (AvgIpc) is 2.70. The van der Waals surface area contributed by atoms with Crippen LogP contribution in [0.2, 0.25) is 0 Å². The van der Waals surface area contributed by atoms with Gasteiger partial charge >= 0.3 is 0 Å². The molecular weight excluding hydrogens is 240 g/mol. The van der Waals surface area contributed by atoms with E-state index in [9.17, 15) is 0 Å². The molecule has 1 saturated heterocycles. The van der Waals surface area contributed by atoms with Gasteiger partial charge in [0.05, 0.1) is 19.3 Å². The Hall–Kier alpha value is -0.840. The Morgan fingerprint density at radius 2 is 2.32 bits per heavy atom. The van der Waals surface area contributed by atoms with Gasteiger partial charge in [0.1, 0.15) is 11.5 Å². The molecule has 0 spiro atoms. The van der Waals surface area contributed by atoms with E-state index in [-0.39, 0.29) is 0 Å². The standard InChI is InChI=1S/C15H26N2O2/c1-4-5-16-9-15-8-14(13(3)19-15)11-17-6-7-18-12(2)10-17/h8,12,16H,4-7,9-11H2,1-3H3. The van der Waals surface area contributed by atoms with E-state index in [4.69, 9.17) is 9.15 Å². The van der Waals surface area contributed by atoms with E-state index < -0.39 is 0 Å². The van der Waals surface area contributed by atoms with Gasteiger partial charge in [0.25, 0.3) is 0 Å². The fourth-order valence-electron chi connectivity index (χ4n) is 2.50. The summed E-state index contributed by atoms with van der Waals surface area (Å²) in [6.07, 6.45) is 1.49. The summed E-state index contributed by atoms with van der Waals surface area (Å²) >= 11 is 0. The normalized spacial score (nSPS) is 20.9. The number of nitrogens with zero attached hydrogens (tertiary/aromatic N) is 1. The zero-order valence-corrected chi connectivity index (χ0v) is 12.4. The van der Waals surface area contributed by atoms with Crippen molar-refractivity contribution in [1.29, 1.82) is 0 Å². The lowest BCUT2D eigenvalue weighted by Gasteiger charge is -2.30. The van der Waals surface area contributed by atoms with Gasteiger partial charge in [-0.05, 0) is 32.9 Å². The molecule has 1 atom stereocenters. The summed E-state index contributed by atoms with van der Waals surface area (Å²) in [5.74, 6) is 2.09. The summed E-state index contributed by atoms with van der Waals surface area (Å²) in [4.78, 5) is 2.44. The first-order valence-electron chi connectivity index (χ1n) is 7.32. The molecule has 0 radical (unpaired) electrons. The van der Waals surface area contributed by atoms with Crippen LogP contribution in [0.5, 0.6) is 0 Å². The van der Waals surface area contributed by atoms with Crippen LogP contribution in [0, 0.1) is 6.92 Å². The van der Waals surface area contributed by atoms with Crippen molar-refractivity contribution < 1.29 is 9.15 Å². The lowest BCUT2D eigenvalue weighted by Crippen LogP contribution is -2.40. The van der Waals surface area contributed by atoms with Crippen molar-refractivity contribution >= 4 is 0 Å². The Morgan fingerprint density at radius 3 is 3.05 bits per heavy atom. The highest BCUT2D eigenvalue weighted by atomic mass is 16.5. The zero-order valence-electron chi connectivity index (χ0n) is 12.4. The van der Waals surface area contributed by atoms with Gasteiger partial charge in [-0.2, -0.15) is 0 Å². The molecule has 1 unspecified atom stereocenters. The minimum Gasteiger partial charge on any atom is -0.465 e. The first kappa shape index (κ1) is 14.6. The molecule has 2 rings (SSSR count). The van der Waals surface area contributed by atoms with Crippen LogP contribution < -0.4 is 5.32 Å². The summed E-state index contributed by atoms with van der Waals surface area (Å²) in [7, 11) is 0. The van der Waals surface area contributed by atoms with E-state index in [1.54, 1.807) is 0 Å². The molecule has 0 amide bonds. The molecule has 4 heteroatoms. The largest absolute Gasteiger partial charge is 0.465 e. The number of hydrogen-bond acceptors (Lipinski definition) is 4. The van der Waals surface area contributed by atoms with Crippen molar-refractivity contribution in [2.45, 2.75) is 46.4 Å². The SMILES string of the molecule is CCCNCc1cc(CN2CCOC(C)C2)c(C)o1. The minimum absolute atomic E-state index is 0.339. The van der Waals surface area contributed by atoms with E-state index in [1.165, 1.54) is 5.56 Å².